The van der Waals surface area contributed by atoms with Crippen LogP contribution in [0.1, 0.15) is 6.42 Å². The second-order valence-corrected chi connectivity index (χ2v) is 3.60. The Labute approximate surface area is 70.1 Å². The first kappa shape index (κ1) is 10.5. The van der Waals surface area contributed by atoms with Crippen molar-refractivity contribution in [3.05, 3.63) is 19.8 Å². The van der Waals surface area contributed by atoms with Gasteiger partial charge in [-0.05, 0) is 0 Å². The summed E-state index contributed by atoms with van der Waals surface area (Å²) in [6.45, 7) is 8.23. The highest BCUT2D eigenvalue weighted by atomic mass is 16.5. The molecule has 65 valence electrons. The number of hydrogen-bond acceptors (Lipinski definition) is 1. The van der Waals surface area contributed by atoms with E-state index in [1.807, 2.05) is 0 Å². The minimum atomic E-state index is 0.384. The first-order valence-electron chi connectivity index (χ1n) is 3.85. The van der Waals surface area contributed by atoms with Crippen LogP contribution in [0.15, 0.2) is 12.8 Å². The Kier molecular flexibility index (Phi) is 4.19. The van der Waals surface area contributed by atoms with Crippen LogP contribution in [0.5, 0.6) is 0 Å². The van der Waals surface area contributed by atoms with Crippen LogP contribution in [-0.2, 0) is 4.74 Å². The molecule has 11 heavy (non-hydrogen) atoms. The second kappa shape index (κ2) is 4.39. The molecule has 0 heterocycles. The van der Waals surface area contributed by atoms with Crippen LogP contribution >= 0.6 is 0 Å². The maximum Gasteiger partial charge on any atom is 0.0929 e. The lowest BCUT2D eigenvalue weighted by molar-refractivity contribution is -0.890. The van der Waals surface area contributed by atoms with Crippen molar-refractivity contribution in [3.63, 3.8) is 0 Å². The molecule has 0 N–H and O–H groups in total. The SMILES string of the molecule is [CH2]C(CCOC=C)[N+](C)(C)C. The molecule has 0 aromatic carbocycles. The van der Waals surface area contributed by atoms with Crippen molar-refractivity contribution in [2.75, 3.05) is 27.7 Å². The van der Waals surface area contributed by atoms with Crippen LogP contribution in [-0.4, -0.2) is 38.3 Å². The summed E-state index contributed by atoms with van der Waals surface area (Å²) in [4.78, 5) is 0. The molecule has 0 aliphatic heterocycles. The Bertz CT molecular complexity index is 115. The molecule has 0 aliphatic carbocycles. The fourth-order valence-corrected chi connectivity index (χ4v) is 0.675. The van der Waals surface area contributed by atoms with Crippen molar-refractivity contribution in [1.82, 2.24) is 0 Å². The molecule has 0 rings (SSSR count). The molecule has 0 fully saturated rings. The summed E-state index contributed by atoms with van der Waals surface area (Å²) in [5.41, 5.74) is 0. The van der Waals surface area contributed by atoms with Crippen LogP contribution in [0, 0.1) is 6.92 Å². The van der Waals surface area contributed by atoms with Crippen LogP contribution in [0.3, 0.4) is 0 Å². The molecule has 0 saturated heterocycles. The van der Waals surface area contributed by atoms with Gasteiger partial charge < -0.3 is 9.22 Å². The topological polar surface area (TPSA) is 9.23 Å². The summed E-state index contributed by atoms with van der Waals surface area (Å²) in [5.74, 6) is 0. The molecule has 0 saturated carbocycles. The molecule has 0 bridgehead atoms. The van der Waals surface area contributed by atoms with Gasteiger partial charge in [0.1, 0.15) is 0 Å². The van der Waals surface area contributed by atoms with Crippen molar-refractivity contribution >= 4 is 0 Å². The molecule has 1 radical (unpaired) electrons. The van der Waals surface area contributed by atoms with E-state index in [0.29, 0.717) is 12.6 Å². The van der Waals surface area contributed by atoms with Gasteiger partial charge in [-0.3, -0.25) is 0 Å². The third kappa shape index (κ3) is 4.85. The van der Waals surface area contributed by atoms with E-state index in [-0.39, 0.29) is 0 Å². The van der Waals surface area contributed by atoms with Crippen molar-refractivity contribution in [2.24, 2.45) is 0 Å². The van der Waals surface area contributed by atoms with E-state index in [2.05, 4.69) is 34.6 Å². The van der Waals surface area contributed by atoms with Crippen molar-refractivity contribution in [3.8, 4) is 0 Å². The first-order chi connectivity index (χ1) is 4.98. The highest BCUT2D eigenvalue weighted by Gasteiger charge is 2.17. The van der Waals surface area contributed by atoms with Crippen molar-refractivity contribution in [1.29, 1.82) is 0 Å². The van der Waals surface area contributed by atoms with E-state index in [1.54, 1.807) is 0 Å². The molecule has 1 unspecified atom stereocenters. The lowest BCUT2D eigenvalue weighted by Gasteiger charge is -2.31. The maximum absolute atomic E-state index is 5.01. The van der Waals surface area contributed by atoms with Gasteiger partial charge in [-0.25, -0.2) is 0 Å². The Morgan fingerprint density at radius 1 is 1.45 bits per heavy atom. The van der Waals surface area contributed by atoms with E-state index >= 15 is 0 Å². The Hall–Kier alpha value is -0.500. The zero-order valence-corrected chi connectivity index (χ0v) is 7.84. The van der Waals surface area contributed by atoms with E-state index < -0.39 is 0 Å². The van der Waals surface area contributed by atoms with Gasteiger partial charge in [-0.2, -0.15) is 0 Å². The molecule has 2 nitrogen and oxygen atoms in total. The summed E-state index contributed by atoms with van der Waals surface area (Å²) in [6.07, 6.45) is 2.44. The molecule has 2 heteroatoms. The largest absolute Gasteiger partial charge is 0.502 e. The highest BCUT2D eigenvalue weighted by Crippen LogP contribution is 2.05. The van der Waals surface area contributed by atoms with Crippen LogP contribution < -0.4 is 0 Å². The Morgan fingerprint density at radius 2 is 2.00 bits per heavy atom. The number of rotatable bonds is 5. The minimum absolute atomic E-state index is 0.384. The zero-order valence-electron chi connectivity index (χ0n) is 7.84. The van der Waals surface area contributed by atoms with Gasteiger partial charge in [0.15, 0.2) is 0 Å². The summed E-state index contributed by atoms with van der Waals surface area (Å²) in [5, 5.41) is 0. The first-order valence-corrected chi connectivity index (χ1v) is 3.85. The summed E-state index contributed by atoms with van der Waals surface area (Å²) < 4.78 is 5.89. The van der Waals surface area contributed by atoms with Gasteiger partial charge in [0.05, 0.1) is 40.1 Å². The molecular formula is C9H19NO+. The van der Waals surface area contributed by atoms with Crippen LogP contribution in [0.25, 0.3) is 0 Å². The number of hydrogen-bond donors (Lipinski definition) is 0. The van der Waals surface area contributed by atoms with Gasteiger partial charge in [-0.1, -0.05) is 6.58 Å². The van der Waals surface area contributed by atoms with Crippen molar-refractivity contribution in [2.45, 2.75) is 12.5 Å². The Morgan fingerprint density at radius 3 is 2.36 bits per heavy atom. The Balaban J connectivity index is 3.52. The summed E-state index contributed by atoms with van der Waals surface area (Å²) >= 11 is 0. The molecule has 0 spiro atoms. The standard InChI is InChI=1S/C9H19NO/c1-6-11-8-7-9(2)10(3,4)5/h6,9H,1-2,7-8H2,3-5H3/q+1. The quantitative estimate of drug-likeness (QED) is 0.333. The monoisotopic (exact) mass is 157 g/mol. The van der Waals surface area contributed by atoms with Crippen LogP contribution in [0.2, 0.25) is 0 Å². The highest BCUT2D eigenvalue weighted by molar-refractivity contribution is 4.60. The van der Waals surface area contributed by atoms with Crippen LogP contribution in [0.4, 0.5) is 0 Å². The molecular weight excluding hydrogens is 138 g/mol. The van der Waals surface area contributed by atoms with Gasteiger partial charge in [0.25, 0.3) is 0 Å². The fourth-order valence-electron chi connectivity index (χ4n) is 0.675. The lowest BCUT2D eigenvalue weighted by atomic mass is 10.2. The van der Waals surface area contributed by atoms with Gasteiger partial charge in [-0.15, -0.1) is 0 Å². The number of ether oxygens (including phenoxy) is 1. The number of quaternary nitrogens is 1. The third-order valence-corrected chi connectivity index (χ3v) is 1.78. The van der Waals surface area contributed by atoms with Gasteiger partial charge in [0, 0.05) is 13.3 Å². The molecule has 0 aliphatic rings. The predicted octanol–water partition coefficient (Wildman–Crippen LogP) is 1.45. The van der Waals surface area contributed by atoms with Gasteiger partial charge >= 0.3 is 0 Å². The average molecular weight is 157 g/mol. The lowest BCUT2D eigenvalue weighted by Crippen LogP contribution is -2.43. The minimum Gasteiger partial charge on any atom is -0.502 e. The molecule has 0 aromatic heterocycles. The fraction of sp³-hybridized carbons (Fsp3) is 0.667. The zero-order chi connectivity index (χ0) is 8.91. The van der Waals surface area contributed by atoms with Crippen molar-refractivity contribution < 1.29 is 9.22 Å². The van der Waals surface area contributed by atoms with Gasteiger partial charge in [0.2, 0.25) is 0 Å². The van der Waals surface area contributed by atoms with E-state index in [4.69, 9.17) is 4.74 Å². The second-order valence-electron chi connectivity index (χ2n) is 3.60. The van der Waals surface area contributed by atoms with E-state index in [9.17, 15) is 0 Å². The normalized spacial score (nSPS) is 14.2. The molecule has 0 aromatic rings. The summed E-state index contributed by atoms with van der Waals surface area (Å²) in [6, 6.07) is 0.384. The number of nitrogens with zero attached hydrogens (tertiary/aromatic N) is 1. The van der Waals surface area contributed by atoms with E-state index in [0.717, 1.165) is 10.9 Å². The predicted molar refractivity (Wildman–Crippen MR) is 47.9 cm³/mol. The molecule has 1 atom stereocenters. The average Bonchev–Trinajstić information content (AvgIpc) is 1.86. The summed E-state index contributed by atoms with van der Waals surface area (Å²) in [7, 11) is 6.39. The smallest absolute Gasteiger partial charge is 0.0929 e. The third-order valence-electron chi connectivity index (χ3n) is 1.78. The molecule has 0 amide bonds. The van der Waals surface area contributed by atoms with E-state index in [1.165, 1.54) is 6.26 Å². The maximum atomic E-state index is 5.01.